The fourth-order valence-corrected chi connectivity index (χ4v) is 3.03. The SMILES string of the molecule is C[Si](C)(Cl)CCCCCCCCCl. The second-order valence-corrected chi connectivity index (χ2v) is 11.7. The Morgan fingerprint density at radius 1 is 0.846 bits per heavy atom. The molecule has 0 aliphatic rings. The van der Waals surface area contributed by atoms with Crippen molar-refractivity contribution in [3.8, 4) is 0 Å². The average Bonchev–Trinajstić information content (AvgIpc) is 2.01. The van der Waals surface area contributed by atoms with Crippen LogP contribution in [-0.4, -0.2) is 13.3 Å². The highest BCUT2D eigenvalue weighted by molar-refractivity contribution is 7.19. The molecule has 0 aromatic rings. The van der Waals surface area contributed by atoms with E-state index in [0.717, 1.165) is 5.88 Å². The van der Waals surface area contributed by atoms with Crippen molar-refractivity contribution >= 4 is 30.1 Å². The molecule has 0 rings (SSSR count). The van der Waals surface area contributed by atoms with Crippen LogP contribution in [0.5, 0.6) is 0 Å². The summed E-state index contributed by atoms with van der Waals surface area (Å²) in [6.07, 6.45) is 7.85. The number of alkyl halides is 1. The molecule has 3 heteroatoms. The van der Waals surface area contributed by atoms with Crippen LogP contribution in [0.15, 0.2) is 0 Å². The van der Waals surface area contributed by atoms with Gasteiger partial charge in [-0.2, -0.15) is 11.1 Å². The quantitative estimate of drug-likeness (QED) is 0.242. The minimum absolute atomic E-state index is 0.821. The minimum atomic E-state index is -1.28. The summed E-state index contributed by atoms with van der Waals surface area (Å²) in [7, 11) is -1.28. The van der Waals surface area contributed by atoms with E-state index in [0.29, 0.717) is 0 Å². The molecule has 0 aliphatic carbocycles. The first-order valence-corrected chi connectivity index (χ1v) is 10.1. The summed E-state index contributed by atoms with van der Waals surface area (Å²) in [6.45, 7) is 4.45. The van der Waals surface area contributed by atoms with Gasteiger partial charge in [0, 0.05) is 5.88 Å². The topological polar surface area (TPSA) is 0 Å². The van der Waals surface area contributed by atoms with Gasteiger partial charge in [0.15, 0.2) is 0 Å². The zero-order valence-electron chi connectivity index (χ0n) is 8.91. The van der Waals surface area contributed by atoms with Crippen LogP contribution in [0.25, 0.3) is 0 Å². The van der Waals surface area contributed by atoms with Crippen LogP contribution in [0.4, 0.5) is 0 Å². The maximum absolute atomic E-state index is 6.22. The second kappa shape index (κ2) is 8.13. The summed E-state index contributed by atoms with van der Waals surface area (Å²) >= 11 is 11.8. The minimum Gasteiger partial charge on any atom is -0.168 e. The molecule has 0 heterocycles. The highest BCUT2D eigenvalue weighted by Crippen LogP contribution is 2.19. The predicted molar refractivity (Wildman–Crippen MR) is 66.6 cm³/mol. The lowest BCUT2D eigenvalue weighted by Gasteiger charge is -2.11. The molecule has 0 unspecified atom stereocenters. The number of unbranched alkanes of at least 4 members (excludes halogenated alkanes) is 5. The highest BCUT2D eigenvalue weighted by Gasteiger charge is 2.15. The number of rotatable bonds is 8. The Morgan fingerprint density at radius 2 is 1.31 bits per heavy atom. The molecule has 0 N–H and O–H groups in total. The predicted octanol–water partition coefficient (Wildman–Crippen LogP) is 5.01. The van der Waals surface area contributed by atoms with Crippen molar-refractivity contribution in [2.45, 2.75) is 57.7 Å². The van der Waals surface area contributed by atoms with Crippen molar-refractivity contribution in [2.24, 2.45) is 0 Å². The van der Waals surface area contributed by atoms with Gasteiger partial charge in [-0.1, -0.05) is 45.2 Å². The second-order valence-electron chi connectivity index (χ2n) is 4.28. The third kappa shape index (κ3) is 12.8. The molecule has 80 valence electrons. The van der Waals surface area contributed by atoms with Crippen molar-refractivity contribution in [3.63, 3.8) is 0 Å². The summed E-state index contributed by atoms with van der Waals surface area (Å²) in [5.74, 6) is 0.821. The molecule has 0 atom stereocenters. The molecule has 0 saturated carbocycles. The van der Waals surface area contributed by atoms with Gasteiger partial charge in [-0.05, 0) is 12.5 Å². The van der Waals surface area contributed by atoms with Crippen molar-refractivity contribution in [2.75, 3.05) is 5.88 Å². The Bertz CT molecular complexity index is 110. The van der Waals surface area contributed by atoms with Crippen LogP contribution in [0.1, 0.15) is 38.5 Å². The molecule has 0 fully saturated rings. The molecular formula is C10H22Cl2Si. The Morgan fingerprint density at radius 3 is 1.77 bits per heavy atom. The maximum atomic E-state index is 6.22. The van der Waals surface area contributed by atoms with Crippen molar-refractivity contribution in [1.29, 1.82) is 0 Å². The van der Waals surface area contributed by atoms with E-state index < -0.39 is 7.38 Å². The molecule has 0 radical (unpaired) electrons. The van der Waals surface area contributed by atoms with Gasteiger partial charge in [0.05, 0.1) is 0 Å². The first kappa shape index (κ1) is 13.8. The average molecular weight is 241 g/mol. The largest absolute Gasteiger partial charge is 0.168 e. The first-order valence-electron chi connectivity index (χ1n) is 5.31. The summed E-state index contributed by atoms with van der Waals surface area (Å²) in [5, 5.41) is 0. The van der Waals surface area contributed by atoms with Gasteiger partial charge in [-0.3, -0.25) is 0 Å². The van der Waals surface area contributed by atoms with E-state index in [1.807, 2.05) is 0 Å². The zero-order valence-corrected chi connectivity index (χ0v) is 11.4. The number of hydrogen-bond donors (Lipinski definition) is 0. The summed E-state index contributed by atoms with van der Waals surface area (Å²) < 4.78 is 0. The molecule has 0 bridgehead atoms. The van der Waals surface area contributed by atoms with Gasteiger partial charge < -0.3 is 0 Å². The maximum Gasteiger partial charge on any atom is 0.150 e. The lowest BCUT2D eigenvalue weighted by atomic mass is 10.1. The van der Waals surface area contributed by atoms with E-state index in [4.69, 9.17) is 22.7 Å². The van der Waals surface area contributed by atoms with Crippen LogP contribution in [-0.2, 0) is 0 Å². The number of halogens is 2. The summed E-state index contributed by atoms with van der Waals surface area (Å²) in [4.78, 5) is 0. The van der Waals surface area contributed by atoms with Crippen LogP contribution >= 0.6 is 22.7 Å². The van der Waals surface area contributed by atoms with Crippen LogP contribution in [0.3, 0.4) is 0 Å². The first-order chi connectivity index (χ1) is 6.06. The molecule has 0 amide bonds. The van der Waals surface area contributed by atoms with Crippen molar-refractivity contribution < 1.29 is 0 Å². The highest BCUT2D eigenvalue weighted by atomic mass is 35.6. The van der Waals surface area contributed by atoms with Gasteiger partial charge in [0.25, 0.3) is 0 Å². The summed E-state index contributed by atoms with van der Waals surface area (Å²) in [6, 6.07) is 1.27. The van der Waals surface area contributed by atoms with E-state index >= 15 is 0 Å². The van der Waals surface area contributed by atoms with Gasteiger partial charge in [-0.15, -0.1) is 11.6 Å². The third-order valence-electron chi connectivity index (χ3n) is 2.15. The van der Waals surface area contributed by atoms with Crippen molar-refractivity contribution in [1.82, 2.24) is 0 Å². The Hall–Kier alpha value is 0.797. The lowest BCUT2D eigenvalue weighted by molar-refractivity contribution is 0.624. The van der Waals surface area contributed by atoms with Crippen LogP contribution < -0.4 is 0 Å². The normalized spacial score (nSPS) is 12.0. The summed E-state index contributed by atoms with van der Waals surface area (Å²) in [5.41, 5.74) is 0. The molecular weight excluding hydrogens is 219 g/mol. The lowest BCUT2D eigenvalue weighted by Crippen LogP contribution is -2.14. The van der Waals surface area contributed by atoms with Crippen molar-refractivity contribution in [3.05, 3.63) is 0 Å². The zero-order chi connectivity index (χ0) is 10.2. The van der Waals surface area contributed by atoms with E-state index in [2.05, 4.69) is 13.1 Å². The van der Waals surface area contributed by atoms with Gasteiger partial charge in [0.2, 0.25) is 0 Å². The fraction of sp³-hybridized carbons (Fsp3) is 1.00. The Balaban J connectivity index is 3.00. The molecule has 0 saturated heterocycles. The van der Waals surface area contributed by atoms with E-state index in [1.54, 1.807) is 0 Å². The monoisotopic (exact) mass is 240 g/mol. The third-order valence-corrected chi connectivity index (χ3v) is 4.53. The standard InChI is InChI=1S/C10H22Cl2Si/c1-13(2,12)10-8-6-4-3-5-7-9-11/h3-10H2,1-2H3. The van der Waals surface area contributed by atoms with Crippen LogP contribution in [0, 0.1) is 0 Å². The molecule has 13 heavy (non-hydrogen) atoms. The fourth-order valence-electron chi connectivity index (χ4n) is 1.35. The molecule has 0 aromatic heterocycles. The molecule has 0 aliphatic heterocycles. The van der Waals surface area contributed by atoms with E-state index in [9.17, 15) is 0 Å². The Labute approximate surface area is 93.7 Å². The van der Waals surface area contributed by atoms with Gasteiger partial charge in [-0.25, -0.2) is 0 Å². The van der Waals surface area contributed by atoms with Crippen LogP contribution in [0.2, 0.25) is 19.1 Å². The number of hydrogen-bond acceptors (Lipinski definition) is 0. The van der Waals surface area contributed by atoms with Gasteiger partial charge in [0.1, 0.15) is 7.38 Å². The van der Waals surface area contributed by atoms with E-state index in [-0.39, 0.29) is 0 Å². The Kier molecular flexibility index (Phi) is 8.63. The van der Waals surface area contributed by atoms with Gasteiger partial charge >= 0.3 is 0 Å². The smallest absolute Gasteiger partial charge is 0.150 e. The molecule has 0 nitrogen and oxygen atoms in total. The molecule has 0 spiro atoms. The molecule has 0 aromatic carbocycles. The van der Waals surface area contributed by atoms with E-state index in [1.165, 1.54) is 44.6 Å².